The molecule has 0 spiro atoms. The summed E-state index contributed by atoms with van der Waals surface area (Å²) in [5.41, 5.74) is -1.02. The van der Waals surface area contributed by atoms with E-state index in [2.05, 4.69) is 0 Å². The van der Waals surface area contributed by atoms with Gasteiger partial charge in [0.2, 0.25) is 10.0 Å². The van der Waals surface area contributed by atoms with Gasteiger partial charge in [-0.15, -0.1) is 0 Å². The van der Waals surface area contributed by atoms with E-state index in [1.807, 2.05) is 0 Å². The van der Waals surface area contributed by atoms with Crippen LogP contribution in [-0.4, -0.2) is 56.5 Å². The first-order valence-corrected chi connectivity index (χ1v) is 8.69. The molecule has 0 unspecified atom stereocenters. The highest BCUT2D eigenvalue weighted by Gasteiger charge is 2.34. The third-order valence-electron chi connectivity index (χ3n) is 3.56. The quantitative estimate of drug-likeness (QED) is 0.822. The Bertz CT molecular complexity index is 698. The molecule has 134 valence electrons. The molecule has 10 heteroatoms. The molecule has 1 aliphatic rings. The molecule has 0 aromatic heterocycles. The van der Waals surface area contributed by atoms with E-state index < -0.39 is 32.8 Å². The summed E-state index contributed by atoms with van der Waals surface area (Å²) < 4.78 is 69.1. The standard InChI is InChI=1S/C14H17F3N2O4S/c1-2-23-13(20)18-6-8-19(9-7-18)24(21,22)12-5-3-4-11(10-12)14(15,16)17/h3-5,10H,2,6-9H2,1H3. The second-order valence-electron chi connectivity index (χ2n) is 5.12. The zero-order valence-electron chi connectivity index (χ0n) is 12.9. The van der Waals surface area contributed by atoms with Crippen LogP contribution in [0.4, 0.5) is 18.0 Å². The topological polar surface area (TPSA) is 66.9 Å². The molecule has 0 radical (unpaired) electrons. The number of nitrogens with zero attached hydrogens (tertiary/aromatic N) is 2. The second-order valence-corrected chi connectivity index (χ2v) is 7.05. The lowest BCUT2D eigenvalue weighted by Crippen LogP contribution is -2.50. The predicted molar refractivity (Wildman–Crippen MR) is 78.8 cm³/mol. The van der Waals surface area contributed by atoms with E-state index >= 15 is 0 Å². The van der Waals surface area contributed by atoms with Crippen LogP contribution in [-0.2, 0) is 20.9 Å². The van der Waals surface area contributed by atoms with E-state index in [9.17, 15) is 26.4 Å². The van der Waals surface area contributed by atoms with Crippen molar-refractivity contribution in [3.63, 3.8) is 0 Å². The first kappa shape index (κ1) is 18.5. The second kappa shape index (κ2) is 6.98. The van der Waals surface area contributed by atoms with E-state index in [0.29, 0.717) is 6.07 Å². The molecule has 0 bridgehead atoms. The van der Waals surface area contributed by atoms with Crippen LogP contribution in [0.15, 0.2) is 29.2 Å². The molecule has 1 fully saturated rings. The van der Waals surface area contributed by atoms with Crippen LogP contribution < -0.4 is 0 Å². The van der Waals surface area contributed by atoms with Gasteiger partial charge in [0, 0.05) is 26.2 Å². The van der Waals surface area contributed by atoms with Crippen molar-refractivity contribution in [3.8, 4) is 0 Å². The lowest BCUT2D eigenvalue weighted by Gasteiger charge is -2.33. The SMILES string of the molecule is CCOC(=O)N1CCN(S(=O)(=O)c2cccc(C(F)(F)F)c2)CC1. The molecular formula is C14H17F3N2O4S. The first-order valence-electron chi connectivity index (χ1n) is 7.25. The predicted octanol–water partition coefficient (Wildman–Crippen LogP) is 2.17. The Morgan fingerprint density at radius 1 is 1.21 bits per heavy atom. The molecule has 1 heterocycles. The van der Waals surface area contributed by atoms with E-state index in [0.717, 1.165) is 22.5 Å². The first-order chi connectivity index (χ1) is 11.2. The maximum Gasteiger partial charge on any atom is 0.416 e. The van der Waals surface area contributed by atoms with Gasteiger partial charge in [-0.25, -0.2) is 13.2 Å². The Kier molecular flexibility index (Phi) is 5.38. The Morgan fingerprint density at radius 3 is 2.38 bits per heavy atom. The third kappa shape index (κ3) is 3.99. The van der Waals surface area contributed by atoms with Gasteiger partial charge in [0.05, 0.1) is 17.1 Å². The molecule has 1 aromatic rings. The molecule has 0 aliphatic carbocycles. The van der Waals surface area contributed by atoms with Crippen molar-refractivity contribution >= 4 is 16.1 Å². The van der Waals surface area contributed by atoms with Gasteiger partial charge in [-0.2, -0.15) is 17.5 Å². The summed E-state index contributed by atoms with van der Waals surface area (Å²) in [6.07, 6.45) is -5.15. The Labute approximate surface area is 137 Å². The molecule has 1 aromatic carbocycles. The average molecular weight is 366 g/mol. The Hall–Kier alpha value is -1.81. The molecule has 24 heavy (non-hydrogen) atoms. The normalized spacial score (nSPS) is 16.9. The summed E-state index contributed by atoms with van der Waals surface area (Å²) in [5.74, 6) is 0. The minimum absolute atomic E-state index is 0.00259. The van der Waals surface area contributed by atoms with Crippen molar-refractivity contribution < 1.29 is 31.1 Å². The number of ether oxygens (including phenoxy) is 1. The molecule has 1 amide bonds. The highest BCUT2D eigenvalue weighted by Crippen LogP contribution is 2.31. The molecule has 6 nitrogen and oxygen atoms in total. The third-order valence-corrected chi connectivity index (χ3v) is 5.46. The highest BCUT2D eigenvalue weighted by molar-refractivity contribution is 7.89. The molecule has 2 rings (SSSR count). The van der Waals surface area contributed by atoms with Gasteiger partial charge in [0.25, 0.3) is 0 Å². The largest absolute Gasteiger partial charge is 0.450 e. The minimum atomic E-state index is -4.62. The minimum Gasteiger partial charge on any atom is -0.450 e. The summed E-state index contributed by atoms with van der Waals surface area (Å²) in [4.78, 5) is 12.5. The van der Waals surface area contributed by atoms with Crippen LogP contribution >= 0.6 is 0 Å². The lowest BCUT2D eigenvalue weighted by atomic mass is 10.2. The summed E-state index contributed by atoms with van der Waals surface area (Å²) in [6, 6.07) is 3.62. The van der Waals surface area contributed by atoms with Gasteiger partial charge in [-0.05, 0) is 25.1 Å². The number of benzene rings is 1. The van der Waals surface area contributed by atoms with Crippen LogP contribution in [0.1, 0.15) is 12.5 Å². The maximum absolute atomic E-state index is 12.7. The molecule has 1 saturated heterocycles. The van der Waals surface area contributed by atoms with Crippen molar-refractivity contribution in [1.82, 2.24) is 9.21 Å². The van der Waals surface area contributed by atoms with Gasteiger partial charge in [0.15, 0.2) is 0 Å². The lowest BCUT2D eigenvalue weighted by molar-refractivity contribution is -0.137. The Balaban J connectivity index is 2.14. The molecule has 0 N–H and O–H groups in total. The molecule has 0 atom stereocenters. The number of halogens is 3. The van der Waals surface area contributed by atoms with E-state index in [4.69, 9.17) is 4.74 Å². The van der Waals surface area contributed by atoms with Crippen molar-refractivity contribution in [2.45, 2.75) is 18.0 Å². The zero-order valence-corrected chi connectivity index (χ0v) is 13.7. The van der Waals surface area contributed by atoms with Crippen LogP contribution in [0.25, 0.3) is 0 Å². The summed E-state index contributed by atoms with van der Waals surface area (Å²) >= 11 is 0. The van der Waals surface area contributed by atoms with Crippen LogP contribution in [0, 0.1) is 0 Å². The van der Waals surface area contributed by atoms with Gasteiger partial charge in [-0.3, -0.25) is 0 Å². The summed E-state index contributed by atoms with van der Waals surface area (Å²) in [6.45, 7) is 2.11. The van der Waals surface area contributed by atoms with Gasteiger partial charge in [-0.1, -0.05) is 6.07 Å². The fraction of sp³-hybridized carbons (Fsp3) is 0.500. The smallest absolute Gasteiger partial charge is 0.416 e. The monoisotopic (exact) mass is 366 g/mol. The highest BCUT2D eigenvalue weighted by atomic mass is 32.2. The summed E-state index contributed by atoms with van der Waals surface area (Å²) in [7, 11) is -4.05. The number of amides is 1. The fourth-order valence-corrected chi connectivity index (χ4v) is 3.78. The summed E-state index contributed by atoms with van der Waals surface area (Å²) in [5, 5.41) is 0. The number of sulfonamides is 1. The molecule has 0 saturated carbocycles. The van der Waals surface area contributed by atoms with E-state index in [1.54, 1.807) is 6.92 Å². The zero-order chi connectivity index (χ0) is 18.0. The van der Waals surface area contributed by atoms with Gasteiger partial charge >= 0.3 is 12.3 Å². The number of alkyl halides is 3. The van der Waals surface area contributed by atoms with E-state index in [1.165, 1.54) is 4.90 Å². The fourth-order valence-electron chi connectivity index (χ4n) is 2.31. The number of rotatable bonds is 3. The van der Waals surface area contributed by atoms with E-state index in [-0.39, 0.29) is 32.8 Å². The van der Waals surface area contributed by atoms with Crippen molar-refractivity contribution in [2.75, 3.05) is 32.8 Å². The number of hydrogen-bond donors (Lipinski definition) is 0. The average Bonchev–Trinajstić information content (AvgIpc) is 2.54. The number of piperazine rings is 1. The molecule has 1 aliphatic heterocycles. The van der Waals surface area contributed by atoms with Crippen molar-refractivity contribution in [1.29, 1.82) is 0 Å². The van der Waals surface area contributed by atoms with Crippen LogP contribution in [0.2, 0.25) is 0 Å². The van der Waals surface area contributed by atoms with Crippen LogP contribution in [0.3, 0.4) is 0 Å². The van der Waals surface area contributed by atoms with Crippen LogP contribution in [0.5, 0.6) is 0 Å². The van der Waals surface area contributed by atoms with Crippen molar-refractivity contribution in [2.24, 2.45) is 0 Å². The van der Waals surface area contributed by atoms with Gasteiger partial charge < -0.3 is 9.64 Å². The van der Waals surface area contributed by atoms with Crippen molar-refractivity contribution in [3.05, 3.63) is 29.8 Å². The Morgan fingerprint density at radius 2 is 1.83 bits per heavy atom. The maximum atomic E-state index is 12.7. The number of hydrogen-bond acceptors (Lipinski definition) is 4. The number of carbonyl (C=O) groups excluding carboxylic acids is 1. The van der Waals surface area contributed by atoms with Gasteiger partial charge in [0.1, 0.15) is 0 Å². The molecular weight excluding hydrogens is 349 g/mol. The number of carbonyl (C=O) groups is 1.